The molecule has 1 aliphatic carbocycles. The largest absolute Gasteiger partial charge is 0.339 e. The molecule has 0 N–H and O–H groups in total. The number of benzene rings is 1. The Labute approximate surface area is 155 Å². The molecule has 0 saturated carbocycles. The van der Waals surface area contributed by atoms with Gasteiger partial charge in [-0.1, -0.05) is 31.2 Å². The van der Waals surface area contributed by atoms with E-state index in [-0.39, 0.29) is 5.91 Å². The van der Waals surface area contributed by atoms with Gasteiger partial charge in [0.05, 0.1) is 0 Å². The van der Waals surface area contributed by atoms with Gasteiger partial charge in [0, 0.05) is 51.0 Å². The first-order chi connectivity index (χ1) is 12.7. The van der Waals surface area contributed by atoms with E-state index >= 15 is 0 Å². The second-order valence-electron chi connectivity index (χ2n) is 7.41. The number of hydrogen-bond donors (Lipinski definition) is 0. The van der Waals surface area contributed by atoms with Crippen molar-refractivity contribution in [2.75, 3.05) is 26.2 Å². The number of carbonyl (C=O) groups excluding carboxylic acids is 1. The summed E-state index contributed by atoms with van der Waals surface area (Å²) >= 11 is 0. The standard InChI is InChI=1S/C21H28N4O/c1-2-20-22-9-10-25(20)16-21(26)24-13-11-23(12-14-24)19-8-7-17-5-3-4-6-18(17)15-19/h3-6,9-10,19H,2,7-8,11-16H2,1H3/t19-/m0/s1. The third-order valence-electron chi connectivity index (χ3n) is 5.93. The number of piperazine rings is 1. The highest BCUT2D eigenvalue weighted by Gasteiger charge is 2.28. The van der Waals surface area contributed by atoms with Crippen LogP contribution in [0.4, 0.5) is 0 Å². The van der Waals surface area contributed by atoms with Crippen LogP contribution in [0, 0.1) is 0 Å². The molecule has 0 spiro atoms. The maximum absolute atomic E-state index is 12.6. The number of aromatic nitrogens is 2. The highest BCUT2D eigenvalue weighted by Crippen LogP contribution is 2.25. The second-order valence-corrected chi connectivity index (χ2v) is 7.41. The van der Waals surface area contributed by atoms with Crippen LogP contribution in [0.5, 0.6) is 0 Å². The minimum atomic E-state index is 0.214. The Bertz CT molecular complexity index is 761. The minimum absolute atomic E-state index is 0.214. The smallest absolute Gasteiger partial charge is 0.242 e. The van der Waals surface area contributed by atoms with Crippen molar-refractivity contribution >= 4 is 5.91 Å². The molecule has 0 unspecified atom stereocenters. The number of fused-ring (bicyclic) bond motifs is 1. The van der Waals surface area contributed by atoms with E-state index in [1.165, 1.54) is 24.0 Å². The topological polar surface area (TPSA) is 41.4 Å². The third kappa shape index (κ3) is 3.54. The molecule has 2 aliphatic rings. The van der Waals surface area contributed by atoms with E-state index in [0.717, 1.165) is 44.8 Å². The Morgan fingerprint density at radius 1 is 1.15 bits per heavy atom. The monoisotopic (exact) mass is 352 g/mol. The lowest BCUT2D eigenvalue weighted by Gasteiger charge is -2.41. The molecule has 1 atom stereocenters. The predicted molar refractivity (Wildman–Crippen MR) is 102 cm³/mol. The molecule has 2 heterocycles. The molecule has 0 radical (unpaired) electrons. The summed E-state index contributed by atoms with van der Waals surface area (Å²) in [5, 5.41) is 0. The summed E-state index contributed by atoms with van der Waals surface area (Å²) in [6.45, 7) is 6.15. The number of rotatable bonds is 4. The molecule has 5 nitrogen and oxygen atoms in total. The van der Waals surface area contributed by atoms with Gasteiger partial charge in [0.25, 0.3) is 0 Å². The molecule has 0 bridgehead atoms. The normalized spacial score (nSPS) is 20.8. The SMILES string of the molecule is CCc1nccn1CC(=O)N1CCN([C@H]2CCc3ccccc3C2)CC1. The van der Waals surface area contributed by atoms with E-state index < -0.39 is 0 Å². The lowest BCUT2D eigenvalue weighted by atomic mass is 9.87. The van der Waals surface area contributed by atoms with Gasteiger partial charge in [0.15, 0.2) is 0 Å². The molecule has 4 rings (SSSR count). The Balaban J connectivity index is 1.31. The molecule has 1 aromatic heterocycles. The van der Waals surface area contributed by atoms with Crippen LogP contribution in [0.2, 0.25) is 0 Å². The summed E-state index contributed by atoms with van der Waals surface area (Å²) in [6, 6.07) is 9.47. The molecule has 138 valence electrons. The number of imidazole rings is 1. The fourth-order valence-electron chi connectivity index (χ4n) is 4.37. The van der Waals surface area contributed by atoms with Gasteiger partial charge < -0.3 is 9.47 Å². The van der Waals surface area contributed by atoms with Crippen LogP contribution in [0.25, 0.3) is 0 Å². The van der Waals surface area contributed by atoms with Gasteiger partial charge in [-0.05, 0) is 30.4 Å². The number of amides is 1. The van der Waals surface area contributed by atoms with Gasteiger partial charge in [-0.2, -0.15) is 0 Å². The molecular weight excluding hydrogens is 324 g/mol. The van der Waals surface area contributed by atoms with E-state index in [1.807, 2.05) is 15.7 Å². The van der Waals surface area contributed by atoms with Crippen molar-refractivity contribution in [1.29, 1.82) is 0 Å². The molecule has 26 heavy (non-hydrogen) atoms. The van der Waals surface area contributed by atoms with Crippen molar-refractivity contribution in [1.82, 2.24) is 19.4 Å². The second kappa shape index (κ2) is 7.62. The van der Waals surface area contributed by atoms with Crippen LogP contribution in [0.15, 0.2) is 36.7 Å². The lowest BCUT2D eigenvalue weighted by molar-refractivity contribution is -0.134. The van der Waals surface area contributed by atoms with Crippen molar-refractivity contribution < 1.29 is 4.79 Å². The van der Waals surface area contributed by atoms with E-state index in [9.17, 15) is 4.79 Å². The summed E-state index contributed by atoms with van der Waals surface area (Å²) in [7, 11) is 0. The van der Waals surface area contributed by atoms with Crippen LogP contribution in [-0.2, 0) is 30.6 Å². The van der Waals surface area contributed by atoms with Crippen LogP contribution in [0.3, 0.4) is 0 Å². The van der Waals surface area contributed by atoms with E-state index in [0.29, 0.717) is 12.6 Å². The number of aryl methyl sites for hydroxylation is 2. The Morgan fingerprint density at radius 3 is 2.69 bits per heavy atom. The number of hydrogen-bond acceptors (Lipinski definition) is 3. The predicted octanol–water partition coefficient (Wildman–Crippen LogP) is 2.15. The van der Waals surface area contributed by atoms with Gasteiger partial charge >= 0.3 is 0 Å². The first-order valence-electron chi connectivity index (χ1n) is 9.83. The van der Waals surface area contributed by atoms with E-state index in [4.69, 9.17) is 0 Å². The van der Waals surface area contributed by atoms with Gasteiger partial charge in [-0.15, -0.1) is 0 Å². The quantitative estimate of drug-likeness (QED) is 0.847. The zero-order chi connectivity index (χ0) is 17.9. The van der Waals surface area contributed by atoms with Gasteiger partial charge in [-0.25, -0.2) is 4.98 Å². The number of nitrogens with zero attached hydrogens (tertiary/aromatic N) is 4. The van der Waals surface area contributed by atoms with Crippen LogP contribution >= 0.6 is 0 Å². The van der Waals surface area contributed by atoms with Crippen molar-refractivity contribution in [3.05, 3.63) is 53.6 Å². The Morgan fingerprint density at radius 2 is 1.92 bits per heavy atom. The van der Waals surface area contributed by atoms with Gasteiger partial charge in [0.1, 0.15) is 12.4 Å². The average Bonchev–Trinajstić information content (AvgIpc) is 3.15. The molecule has 1 aliphatic heterocycles. The molecule has 1 amide bonds. The summed E-state index contributed by atoms with van der Waals surface area (Å²) in [6.07, 6.45) is 8.12. The maximum Gasteiger partial charge on any atom is 0.242 e. The average molecular weight is 352 g/mol. The third-order valence-corrected chi connectivity index (χ3v) is 5.93. The zero-order valence-corrected chi connectivity index (χ0v) is 15.6. The zero-order valence-electron chi connectivity index (χ0n) is 15.6. The van der Waals surface area contributed by atoms with E-state index in [1.54, 1.807) is 6.20 Å². The first-order valence-corrected chi connectivity index (χ1v) is 9.83. The summed E-state index contributed by atoms with van der Waals surface area (Å²) < 4.78 is 1.98. The maximum atomic E-state index is 12.6. The van der Waals surface area contributed by atoms with Gasteiger partial charge in [0.2, 0.25) is 5.91 Å². The van der Waals surface area contributed by atoms with Crippen molar-refractivity contribution in [3.8, 4) is 0 Å². The van der Waals surface area contributed by atoms with Crippen molar-refractivity contribution in [2.24, 2.45) is 0 Å². The first kappa shape index (κ1) is 17.3. The molecule has 1 aromatic carbocycles. The molecular formula is C21H28N4O. The fourth-order valence-corrected chi connectivity index (χ4v) is 4.37. The fraction of sp³-hybridized carbons (Fsp3) is 0.524. The van der Waals surface area contributed by atoms with Crippen LogP contribution < -0.4 is 0 Å². The molecule has 1 fully saturated rings. The highest BCUT2D eigenvalue weighted by molar-refractivity contribution is 5.76. The lowest BCUT2D eigenvalue weighted by Crippen LogP contribution is -2.53. The number of carbonyl (C=O) groups is 1. The molecule has 1 saturated heterocycles. The van der Waals surface area contributed by atoms with Crippen molar-refractivity contribution in [3.63, 3.8) is 0 Å². The highest BCUT2D eigenvalue weighted by atomic mass is 16.2. The minimum Gasteiger partial charge on any atom is -0.339 e. The summed E-state index contributed by atoms with van der Waals surface area (Å²) in [4.78, 5) is 21.6. The van der Waals surface area contributed by atoms with Crippen molar-refractivity contribution in [2.45, 2.75) is 45.2 Å². The summed E-state index contributed by atoms with van der Waals surface area (Å²) in [5.74, 6) is 1.20. The Hall–Kier alpha value is -2.14. The molecule has 2 aromatic rings. The van der Waals surface area contributed by atoms with Gasteiger partial charge in [-0.3, -0.25) is 9.69 Å². The van der Waals surface area contributed by atoms with E-state index in [2.05, 4.69) is 41.1 Å². The Kier molecular flexibility index (Phi) is 5.07. The molecule has 5 heteroatoms. The van der Waals surface area contributed by atoms with Crippen LogP contribution in [0.1, 0.15) is 30.3 Å². The summed E-state index contributed by atoms with van der Waals surface area (Å²) in [5.41, 5.74) is 3.03. The van der Waals surface area contributed by atoms with Crippen LogP contribution in [-0.4, -0.2) is 57.5 Å².